The van der Waals surface area contributed by atoms with Gasteiger partial charge in [-0.2, -0.15) is 0 Å². The molecule has 11 heteroatoms. The topological polar surface area (TPSA) is 85.6 Å². The number of imidazole rings is 1. The van der Waals surface area contributed by atoms with Crippen molar-refractivity contribution >= 4 is 46.1 Å². The molecule has 0 radical (unpaired) electrons. The van der Waals surface area contributed by atoms with Crippen LogP contribution in [0, 0.1) is 0 Å². The zero-order valence-corrected chi connectivity index (χ0v) is 23.3. The summed E-state index contributed by atoms with van der Waals surface area (Å²) in [6.45, 7) is 2.38. The van der Waals surface area contributed by atoms with Gasteiger partial charge in [0.1, 0.15) is 18.8 Å². The fraction of sp³-hybridized carbons (Fsp3) is 0.200. The number of halogens is 2. The second-order valence-electron chi connectivity index (χ2n) is 9.77. The zero-order valence-electron chi connectivity index (χ0n) is 21.8. The molecule has 7 rings (SSSR count). The number of piperazine rings is 1. The van der Waals surface area contributed by atoms with Gasteiger partial charge in [-0.15, -0.1) is 0 Å². The molecular weight excluding hydrogens is 563 g/mol. The maximum Gasteiger partial charge on any atom is 0.267 e. The minimum absolute atomic E-state index is 0.0833. The fourth-order valence-corrected chi connectivity index (χ4v) is 5.60. The number of carbonyl (C=O) groups excluding carboxylic acids is 1. The lowest BCUT2D eigenvalue weighted by atomic mass is 10.2. The SMILES string of the molecule is O=C(C1COc2ccccc2O1)N1CCN(c2ncnc3c2nc(-c2ccccc2Cl)n3-c2ccc(Cl)cc2)CC1. The third-order valence-corrected chi connectivity index (χ3v) is 7.88. The lowest BCUT2D eigenvalue weighted by Crippen LogP contribution is -2.54. The second-order valence-corrected chi connectivity index (χ2v) is 10.6. The Kier molecular flexibility index (Phi) is 6.60. The minimum Gasteiger partial charge on any atom is -0.485 e. The van der Waals surface area contributed by atoms with Crippen molar-refractivity contribution < 1.29 is 14.3 Å². The van der Waals surface area contributed by atoms with E-state index in [2.05, 4.69) is 14.9 Å². The summed E-state index contributed by atoms with van der Waals surface area (Å²) >= 11 is 12.8. The van der Waals surface area contributed by atoms with Gasteiger partial charge in [0.2, 0.25) is 6.10 Å². The second kappa shape index (κ2) is 10.6. The maximum atomic E-state index is 13.3. The van der Waals surface area contributed by atoms with E-state index in [1.807, 2.05) is 82.3 Å². The van der Waals surface area contributed by atoms with Gasteiger partial charge in [-0.25, -0.2) is 15.0 Å². The van der Waals surface area contributed by atoms with Gasteiger partial charge in [0.05, 0.1) is 5.02 Å². The van der Waals surface area contributed by atoms with Crippen molar-refractivity contribution in [3.63, 3.8) is 0 Å². The third-order valence-electron chi connectivity index (χ3n) is 7.30. The van der Waals surface area contributed by atoms with Gasteiger partial charge in [-0.3, -0.25) is 9.36 Å². The number of ether oxygens (including phenoxy) is 2. The summed E-state index contributed by atoms with van der Waals surface area (Å²) in [6.07, 6.45) is 0.875. The Bertz CT molecular complexity index is 1750. The Hall–Kier alpha value is -4.34. The molecule has 0 N–H and O–H groups in total. The number of hydrogen-bond donors (Lipinski definition) is 0. The van der Waals surface area contributed by atoms with Crippen molar-refractivity contribution in [2.75, 3.05) is 37.7 Å². The molecule has 2 aliphatic rings. The molecule has 1 atom stereocenters. The molecule has 4 heterocycles. The predicted octanol–water partition coefficient (Wildman–Crippen LogP) is 5.28. The molecule has 0 bridgehead atoms. The van der Waals surface area contributed by atoms with E-state index < -0.39 is 6.10 Å². The van der Waals surface area contributed by atoms with Crippen molar-refractivity contribution in [1.82, 2.24) is 24.4 Å². The highest BCUT2D eigenvalue weighted by Crippen LogP contribution is 2.35. The molecule has 0 saturated carbocycles. The van der Waals surface area contributed by atoms with E-state index in [9.17, 15) is 4.79 Å². The fourth-order valence-electron chi connectivity index (χ4n) is 5.25. The lowest BCUT2D eigenvalue weighted by molar-refractivity contribution is -0.141. The molecule has 0 aliphatic carbocycles. The zero-order chi connectivity index (χ0) is 27.9. The molecule has 1 fully saturated rings. The number of rotatable bonds is 4. The van der Waals surface area contributed by atoms with Gasteiger partial charge in [0.25, 0.3) is 5.91 Å². The van der Waals surface area contributed by atoms with Crippen LogP contribution in [-0.2, 0) is 4.79 Å². The molecule has 1 amide bonds. The first-order chi connectivity index (χ1) is 20.1. The summed E-state index contributed by atoms with van der Waals surface area (Å²) in [4.78, 5) is 31.5. The van der Waals surface area contributed by atoms with Crippen LogP contribution in [0.3, 0.4) is 0 Å². The first-order valence-electron chi connectivity index (χ1n) is 13.2. The largest absolute Gasteiger partial charge is 0.485 e. The Morgan fingerprint density at radius 2 is 1.59 bits per heavy atom. The van der Waals surface area contributed by atoms with Crippen LogP contribution in [0.1, 0.15) is 0 Å². The summed E-state index contributed by atoms with van der Waals surface area (Å²) < 4.78 is 13.7. The van der Waals surface area contributed by atoms with Crippen LogP contribution in [0.25, 0.3) is 28.2 Å². The van der Waals surface area contributed by atoms with Crippen LogP contribution in [0.2, 0.25) is 10.0 Å². The van der Waals surface area contributed by atoms with Gasteiger partial charge in [-0.05, 0) is 48.5 Å². The number of hydrogen-bond acceptors (Lipinski definition) is 7. The van der Waals surface area contributed by atoms with Crippen LogP contribution in [0.15, 0.2) is 79.1 Å². The number of carbonyl (C=O) groups is 1. The van der Waals surface area contributed by atoms with Crippen LogP contribution in [-0.4, -0.2) is 69.2 Å². The number of para-hydroxylation sites is 2. The number of fused-ring (bicyclic) bond motifs is 2. The molecule has 0 spiro atoms. The number of amides is 1. The molecule has 206 valence electrons. The van der Waals surface area contributed by atoms with E-state index >= 15 is 0 Å². The monoisotopic (exact) mass is 586 g/mol. The summed E-state index contributed by atoms with van der Waals surface area (Å²) in [6, 6.07) is 22.5. The van der Waals surface area contributed by atoms with Crippen molar-refractivity contribution in [2.24, 2.45) is 0 Å². The van der Waals surface area contributed by atoms with E-state index in [1.54, 1.807) is 6.33 Å². The Labute approximate surface area is 245 Å². The molecule has 5 aromatic rings. The molecule has 2 aliphatic heterocycles. The van der Waals surface area contributed by atoms with E-state index in [4.69, 9.17) is 37.7 Å². The number of aromatic nitrogens is 4. The molecule has 3 aromatic carbocycles. The highest BCUT2D eigenvalue weighted by molar-refractivity contribution is 6.33. The lowest BCUT2D eigenvalue weighted by Gasteiger charge is -2.37. The molecule has 41 heavy (non-hydrogen) atoms. The first kappa shape index (κ1) is 25.6. The third kappa shape index (κ3) is 4.71. The predicted molar refractivity (Wildman–Crippen MR) is 157 cm³/mol. The smallest absolute Gasteiger partial charge is 0.267 e. The molecular formula is C30H24Cl2N6O3. The Morgan fingerprint density at radius 3 is 2.37 bits per heavy atom. The van der Waals surface area contributed by atoms with Crippen LogP contribution >= 0.6 is 23.2 Å². The maximum absolute atomic E-state index is 13.3. The highest BCUT2D eigenvalue weighted by Gasteiger charge is 2.33. The van der Waals surface area contributed by atoms with Gasteiger partial charge >= 0.3 is 0 Å². The van der Waals surface area contributed by atoms with Crippen molar-refractivity contribution in [3.05, 3.63) is 89.2 Å². The van der Waals surface area contributed by atoms with Crippen LogP contribution in [0.4, 0.5) is 5.82 Å². The average Bonchev–Trinajstić information content (AvgIpc) is 3.41. The van der Waals surface area contributed by atoms with Gasteiger partial charge in [-0.1, -0.05) is 47.5 Å². The van der Waals surface area contributed by atoms with Gasteiger partial charge in [0.15, 0.2) is 28.5 Å². The molecule has 1 saturated heterocycles. The van der Waals surface area contributed by atoms with Crippen LogP contribution < -0.4 is 14.4 Å². The highest BCUT2D eigenvalue weighted by atomic mass is 35.5. The van der Waals surface area contributed by atoms with Crippen molar-refractivity contribution in [2.45, 2.75) is 6.10 Å². The quantitative estimate of drug-likeness (QED) is 0.283. The molecule has 1 unspecified atom stereocenters. The number of nitrogens with zero attached hydrogens (tertiary/aromatic N) is 6. The minimum atomic E-state index is -0.671. The van der Waals surface area contributed by atoms with E-state index in [0.717, 1.165) is 11.3 Å². The summed E-state index contributed by atoms with van der Waals surface area (Å²) in [5.41, 5.74) is 2.93. The summed E-state index contributed by atoms with van der Waals surface area (Å²) in [5, 5.41) is 1.21. The number of anilines is 1. The van der Waals surface area contributed by atoms with E-state index in [0.29, 0.717) is 70.5 Å². The van der Waals surface area contributed by atoms with Crippen LogP contribution in [0.5, 0.6) is 11.5 Å². The number of benzene rings is 3. The van der Waals surface area contributed by atoms with Gasteiger partial charge in [0, 0.05) is 42.5 Å². The standard InChI is InChI=1S/C30H24Cl2N6O3/c31-19-9-11-20(12-10-19)38-27(21-5-1-2-6-22(21)32)35-26-28(33-18-34-29(26)38)36-13-15-37(16-14-36)30(39)25-17-40-23-7-3-4-8-24(23)41-25/h1-12,18,25H,13-17H2. The van der Waals surface area contributed by atoms with Crippen molar-refractivity contribution in [3.8, 4) is 28.6 Å². The Balaban J connectivity index is 1.18. The Morgan fingerprint density at radius 1 is 0.854 bits per heavy atom. The summed E-state index contributed by atoms with van der Waals surface area (Å²) in [7, 11) is 0. The molecule has 2 aromatic heterocycles. The summed E-state index contributed by atoms with van der Waals surface area (Å²) in [5.74, 6) is 2.51. The van der Waals surface area contributed by atoms with Crippen molar-refractivity contribution in [1.29, 1.82) is 0 Å². The van der Waals surface area contributed by atoms with E-state index in [-0.39, 0.29) is 12.5 Å². The first-order valence-corrected chi connectivity index (χ1v) is 14.0. The molecule has 9 nitrogen and oxygen atoms in total. The van der Waals surface area contributed by atoms with E-state index in [1.165, 1.54) is 0 Å². The average molecular weight is 587 g/mol. The van der Waals surface area contributed by atoms with Gasteiger partial charge < -0.3 is 19.3 Å². The normalized spacial score (nSPS) is 16.7.